The summed E-state index contributed by atoms with van der Waals surface area (Å²) in [4.78, 5) is 16.0. The molecular formula is C22H18ClFN2O6S. The molecule has 0 spiro atoms. The van der Waals surface area contributed by atoms with Crippen molar-refractivity contribution in [3.63, 3.8) is 0 Å². The van der Waals surface area contributed by atoms with Crippen LogP contribution in [0.1, 0.15) is 15.9 Å². The van der Waals surface area contributed by atoms with Crippen LogP contribution < -0.4 is 14.2 Å². The van der Waals surface area contributed by atoms with Crippen LogP contribution in [0.2, 0.25) is 5.02 Å². The number of pyridine rings is 1. The first kappa shape index (κ1) is 22.8. The fourth-order valence-electron chi connectivity index (χ4n) is 3.51. The number of halogens is 2. The molecular weight excluding hydrogens is 475 g/mol. The van der Waals surface area contributed by atoms with E-state index in [9.17, 15) is 17.6 Å². The van der Waals surface area contributed by atoms with E-state index in [4.69, 9.17) is 25.8 Å². The number of methoxy groups -OCH3 is 2. The Hall–Kier alpha value is -3.37. The van der Waals surface area contributed by atoms with Crippen LogP contribution in [-0.2, 0) is 21.2 Å². The van der Waals surface area contributed by atoms with Gasteiger partial charge < -0.3 is 14.2 Å². The molecule has 0 amide bonds. The predicted molar refractivity (Wildman–Crippen MR) is 119 cm³/mol. The molecule has 33 heavy (non-hydrogen) atoms. The van der Waals surface area contributed by atoms with Crippen molar-refractivity contribution in [2.75, 3.05) is 25.5 Å². The van der Waals surface area contributed by atoms with Gasteiger partial charge in [0, 0.05) is 18.2 Å². The maximum Gasteiger partial charge on any atom is 0.338 e. The zero-order valence-electron chi connectivity index (χ0n) is 17.5. The lowest BCUT2D eigenvalue weighted by Gasteiger charge is -2.18. The number of hydrogen-bond acceptors (Lipinski definition) is 7. The molecule has 0 saturated carbocycles. The van der Waals surface area contributed by atoms with Gasteiger partial charge in [0.2, 0.25) is 5.95 Å². The summed E-state index contributed by atoms with van der Waals surface area (Å²) in [5, 5.41) is -0.0846. The van der Waals surface area contributed by atoms with Crippen molar-refractivity contribution in [2.24, 2.45) is 0 Å². The Morgan fingerprint density at radius 1 is 1.12 bits per heavy atom. The maximum absolute atomic E-state index is 13.8. The fraction of sp³-hybridized carbons (Fsp3) is 0.182. The topological polar surface area (TPSA) is 104 Å². The van der Waals surface area contributed by atoms with Gasteiger partial charge in [0.25, 0.3) is 10.0 Å². The summed E-state index contributed by atoms with van der Waals surface area (Å²) in [5.74, 6) is -1.37. The molecule has 0 fully saturated rings. The van der Waals surface area contributed by atoms with Crippen LogP contribution in [0.15, 0.2) is 47.5 Å². The molecule has 1 aliphatic rings. The number of ether oxygens (including phenoxy) is 3. The van der Waals surface area contributed by atoms with E-state index in [1.54, 1.807) is 18.2 Å². The smallest absolute Gasteiger partial charge is 0.338 e. The number of aromatic nitrogens is 1. The second-order valence-electron chi connectivity index (χ2n) is 7.06. The lowest BCUT2D eigenvalue weighted by atomic mass is 9.99. The van der Waals surface area contributed by atoms with Gasteiger partial charge in [-0.15, -0.1) is 0 Å². The van der Waals surface area contributed by atoms with Gasteiger partial charge in [-0.05, 0) is 41.5 Å². The molecule has 1 N–H and O–H groups in total. The number of nitrogens with one attached hydrogen (secondary N) is 1. The summed E-state index contributed by atoms with van der Waals surface area (Å²) < 4.78 is 58.7. The summed E-state index contributed by atoms with van der Waals surface area (Å²) in [6.07, 6.45) is 1.54. The molecule has 0 radical (unpaired) electrons. The van der Waals surface area contributed by atoms with Crippen LogP contribution in [0, 0.1) is 5.95 Å². The monoisotopic (exact) mass is 492 g/mol. The molecule has 0 saturated heterocycles. The predicted octanol–water partition coefficient (Wildman–Crippen LogP) is 4.07. The zero-order chi connectivity index (χ0) is 23.8. The molecule has 8 nitrogen and oxygen atoms in total. The Balaban J connectivity index is 1.96. The van der Waals surface area contributed by atoms with E-state index in [1.165, 1.54) is 32.5 Å². The lowest BCUT2D eigenvalue weighted by Crippen LogP contribution is -2.17. The van der Waals surface area contributed by atoms with E-state index < -0.39 is 21.9 Å². The van der Waals surface area contributed by atoms with E-state index in [0.717, 1.165) is 6.07 Å². The third-order valence-electron chi connectivity index (χ3n) is 5.05. The van der Waals surface area contributed by atoms with Crippen LogP contribution in [0.5, 0.6) is 11.5 Å². The number of cyclic esters (lactones) is 1. The van der Waals surface area contributed by atoms with E-state index in [0.29, 0.717) is 16.7 Å². The van der Waals surface area contributed by atoms with Crippen molar-refractivity contribution in [1.82, 2.24) is 4.98 Å². The third kappa shape index (κ3) is 4.44. The van der Waals surface area contributed by atoms with Gasteiger partial charge >= 0.3 is 5.97 Å². The molecule has 1 aromatic heterocycles. The average Bonchev–Trinajstić information content (AvgIpc) is 2.77. The van der Waals surface area contributed by atoms with Crippen LogP contribution in [0.25, 0.3) is 11.1 Å². The normalized spacial score (nSPS) is 14.8. The van der Waals surface area contributed by atoms with Crippen molar-refractivity contribution < 1.29 is 31.8 Å². The Bertz CT molecular complexity index is 1360. The molecule has 2 aromatic carbocycles. The second kappa shape index (κ2) is 8.87. The Kier molecular flexibility index (Phi) is 6.13. The minimum atomic E-state index is -4.30. The lowest BCUT2D eigenvalue weighted by molar-refractivity contribution is 0.0509. The molecule has 1 aliphatic heterocycles. The average molecular weight is 493 g/mol. The van der Waals surface area contributed by atoms with Crippen molar-refractivity contribution in [2.45, 2.75) is 11.3 Å². The first-order valence-electron chi connectivity index (χ1n) is 9.64. The van der Waals surface area contributed by atoms with Gasteiger partial charge in [-0.3, -0.25) is 4.72 Å². The quantitative estimate of drug-likeness (QED) is 0.424. The number of hydrogen-bond donors (Lipinski definition) is 1. The highest BCUT2D eigenvalue weighted by Gasteiger charge is 2.27. The van der Waals surface area contributed by atoms with E-state index in [-0.39, 0.29) is 45.7 Å². The number of nitrogens with zero attached hydrogens (tertiary/aromatic N) is 1. The molecule has 172 valence electrons. The first-order valence-corrected chi connectivity index (χ1v) is 11.5. The summed E-state index contributed by atoms with van der Waals surface area (Å²) in [5.41, 5.74) is 1.67. The number of fused-ring (bicyclic) bond motifs is 6. The number of carbonyl (C=O) groups is 1. The van der Waals surface area contributed by atoms with Crippen LogP contribution >= 0.6 is 11.6 Å². The number of anilines is 1. The number of rotatable bonds is 2. The molecule has 4 bridgehead atoms. The van der Waals surface area contributed by atoms with Crippen molar-refractivity contribution >= 4 is 33.3 Å². The van der Waals surface area contributed by atoms with Gasteiger partial charge in [-0.1, -0.05) is 17.7 Å². The number of esters is 1. The molecule has 11 heteroatoms. The number of benzene rings is 2. The Morgan fingerprint density at radius 3 is 2.64 bits per heavy atom. The van der Waals surface area contributed by atoms with Gasteiger partial charge in [0.05, 0.1) is 37.1 Å². The molecule has 2 heterocycles. The summed E-state index contributed by atoms with van der Waals surface area (Å²) in [6.45, 7) is -0.0811. The highest BCUT2D eigenvalue weighted by Crippen LogP contribution is 2.38. The van der Waals surface area contributed by atoms with Gasteiger partial charge in [-0.25, -0.2) is 18.2 Å². The van der Waals surface area contributed by atoms with Crippen molar-refractivity contribution in [1.29, 1.82) is 0 Å². The van der Waals surface area contributed by atoms with Crippen molar-refractivity contribution in [3.8, 4) is 22.6 Å². The highest BCUT2D eigenvalue weighted by atomic mass is 35.5. The summed E-state index contributed by atoms with van der Waals surface area (Å²) in [7, 11) is -1.64. The Morgan fingerprint density at radius 2 is 1.91 bits per heavy atom. The summed E-state index contributed by atoms with van der Waals surface area (Å²) in [6, 6.07) is 8.43. The molecule has 4 rings (SSSR count). The summed E-state index contributed by atoms with van der Waals surface area (Å²) >= 11 is 6.20. The molecule has 0 aliphatic carbocycles. The van der Waals surface area contributed by atoms with Gasteiger partial charge in [0.15, 0.2) is 5.75 Å². The first-order chi connectivity index (χ1) is 15.7. The molecule has 3 aromatic rings. The SMILES string of the molecule is COc1ccc2cc1NS(=O)(=O)c1cc(cc(Cl)c1OC)C(=O)OCCc1cc(F)ncc1-2. The largest absolute Gasteiger partial charge is 0.495 e. The van der Waals surface area contributed by atoms with Crippen molar-refractivity contribution in [3.05, 3.63) is 64.7 Å². The third-order valence-corrected chi connectivity index (χ3v) is 6.71. The maximum atomic E-state index is 13.8. The van der Waals surface area contributed by atoms with Crippen LogP contribution in [-0.4, -0.2) is 40.2 Å². The number of carbonyl (C=O) groups excluding carboxylic acids is 1. The minimum absolute atomic E-state index is 0.0811. The van der Waals surface area contributed by atoms with Gasteiger partial charge in [0.1, 0.15) is 10.6 Å². The van der Waals surface area contributed by atoms with E-state index in [2.05, 4.69) is 9.71 Å². The van der Waals surface area contributed by atoms with E-state index >= 15 is 0 Å². The molecule has 0 unspecified atom stereocenters. The zero-order valence-corrected chi connectivity index (χ0v) is 19.1. The number of sulfonamides is 1. The Labute approximate surface area is 194 Å². The fourth-order valence-corrected chi connectivity index (χ4v) is 5.14. The second-order valence-corrected chi connectivity index (χ2v) is 9.12. The van der Waals surface area contributed by atoms with Crippen LogP contribution in [0.3, 0.4) is 0 Å². The molecule has 0 atom stereocenters. The minimum Gasteiger partial charge on any atom is -0.495 e. The highest BCUT2D eigenvalue weighted by molar-refractivity contribution is 7.92. The van der Waals surface area contributed by atoms with E-state index in [1.807, 2.05) is 0 Å². The van der Waals surface area contributed by atoms with Crippen LogP contribution in [0.4, 0.5) is 10.1 Å². The standard InChI is InChI=1S/C22H18ClFN2O6S/c1-30-18-4-3-12-8-17(18)26-33(28,29)19-9-14(7-16(23)21(19)31-2)22(27)32-6-5-13-10-20(24)25-11-15(12)13/h3-4,7-11,26H,5-6H2,1-2H3. The van der Waals surface area contributed by atoms with Gasteiger partial charge in [-0.2, -0.15) is 4.39 Å².